The van der Waals surface area contributed by atoms with E-state index >= 15 is 0 Å². The van der Waals surface area contributed by atoms with E-state index in [4.69, 9.17) is 9.47 Å². The predicted molar refractivity (Wildman–Crippen MR) is 147 cm³/mol. The van der Waals surface area contributed by atoms with E-state index in [1.165, 1.54) is 4.90 Å². The number of rotatable bonds is 10. The summed E-state index contributed by atoms with van der Waals surface area (Å²) in [6.07, 6.45) is -0.737. The molecule has 9 heteroatoms. The topological polar surface area (TPSA) is 117 Å². The Morgan fingerprint density at radius 1 is 1.03 bits per heavy atom. The molecule has 2 rings (SSSR count). The quantitative estimate of drug-likeness (QED) is 0.423. The number of benzene rings is 2. The van der Waals surface area contributed by atoms with Crippen molar-refractivity contribution in [2.45, 2.75) is 66.2 Å². The van der Waals surface area contributed by atoms with Crippen LogP contribution >= 0.6 is 0 Å². The summed E-state index contributed by atoms with van der Waals surface area (Å²) in [5.41, 5.74) is 2.21. The Morgan fingerprint density at radius 2 is 1.66 bits per heavy atom. The summed E-state index contributed by atoms with van der Waals surface area (Å²) in [6, 6.07) is 10.4. The first-order chi connectivity index (χ1) is 17.8. The summed E-state index contributed by atoms with van der Waals surface area (Å²) in [5, 5.41) is 15.5. The van der Waals surface area contributed by atoms with Crippen molar-refractivity contribution in [2.75, 3.05) is 25.6 Å². The molecule has 2 atom stereocenters. The molecule has 0 spiro atoms. The Hall–Kier alpha value is -3.59. The fourth-order valence-corrected chi connectivity index (χ4v) is 4.07. The highest BCUT2D eigenvalue weighted by Gasteiger charge is 2.38. The second-order valence-corrected chi connectivity index (χ2v) is 10.6. The highest BCUT2D eigenvalue weighted by Crippen LogP contribution is 2.28. The summed E-state index contributed by atoms with van der Waals surface area (Å²) in [4.78, 5) is 41.6. The molecule has 38 heavy (non-hydrogen) atoms. The smallest absolute Gasteiger partial charge is 0.408 e. The van der Waals surface area contributed by atoms with Gasteiger partial charge >= 0.3 is 6.09 Å². The molecule has 0 aliphatic carbocycles. The number of aryl methyl sites for hydroxylation is 2. The van der Waals surface area contributed by atoms with Gasteiger partial charge in [0.25, 0.3) is 5.91 Å². The molecule has 0 saturated heterocycles. The Kier molecular flexibility index (Phi) is 10.7. The molecule has 9 nitrogen and oxygen atoms in total. The predicted octanol–water partition coefficient (Wildman–Crippen LogP) is 4.36. The van der Waals surface area contributed by atoms with Gasteiger partial charge in [0.15, 0.2) is 0 Å². The van der Waals surface area contributed by atoms with Gasteiger partial charge in [-0.05, 0) is 75.9 Å². The van der Waals surface area contributed by atoms with Crippen molar-refractivity contribution >= 4 is 23.6 Å². The maximum Gasteiger partial charge on any atom is 0.408 e. The Morgan fingerprint density at radius 3 is 2.16 bits per heavy atom. The number of carbonyl (C=O) groups excluding carboxylic acids is 3. The number of alkyl carbamates (subject to hydrolysis) is 1. The fourth-order valence-electron chi connectivity index (χ4n) is 4.07. The normalized spacial score (nSPS) is 12.9. The van der Waals surface area contributed by atoms with Gasteiger partial charge in [-0.25, -0.2) is 4.79 Å². The van der Waals surface area contributed by atoms with Crippen molar-refractivity contribution in [3.8, 4) is 5.75 Å². The molecule has 2 unspecified atom stereocenters. The van der Waals surface area contributed by atoms with Crippen LogP contribution in [0.15, 0.2) is 42.5 Å². The van der Waals surface area contributed by atoms with Gasteiger partial charge in [-0.1, -0.05) is 37.6 Å². The van der Waals surface area contributed by atoms with Gasteiger partial charge in [0.05, 0.1) is 13.7 Å². The molecule has 0 aliphatic heterocycles. The van der Waals surface area contributed by atoms with Crippen LogP contribution in [0.3, 0.4) is 0 Å². The van der Waals surface area contributed by atoms with Crippen LogP contribution in [0.25, 0.3) is 0 Å². The summed E-state index contributed by atoms with van der Waals surface area (Å²) >= 11 is 0. The lowest BCUT2D eigenvalue weighted by atomic mass is 9.95. The number of hydrogen-bond donors (Lipinski definition) is 3. The SMILES string of the molecule is COc1ccc(NC(=O)C(c2ccc(C)cc2C)N(CCO)C(=O)C(NC(=O)OC(C)(C)C)C(C)C)cc1. The van der Waals surface area contributed by atoms with E-state index in [-0.39, 0.29) is 19.1 Å². The second kappa shape index (κ2) is 13.3. The van der Waals surface area contributed by atoms with Crippen LogP contribution in [0, 0.1) is 19.8 Å². The molecule has 0 radical (unpaired) electrons. The van der Waals surface area contributed by atoms with E-state index in [1.54, 1.807) is 66.0 Å². The number of amides is 3. The highest BCUT2D eigenvalue weighted by molar-refractivity contribution is 5.99. The highest BCUT2D eigenvalue weighted by atomic mass is 16.6. The summed E-state index contributed by atoms with van der Waals surface area (Å²) in [5.74, 6) is -0.641. The molecule has 208 valence electrons. The number of anilines is 1. The molecule has 0 bridgehead atoms. The van der Waals surface area contributed by atoms with Crippen LogP contribution in [0.1, 0.15) is 57.4 Å². The van der Waals surface area contributed by atoms with E-state index in [1.807, 2.05) is 32.0 Å². The molecule has 0 heterocycles. The first-order valence-electron chi connectivity index (χ1n) is 12.7. The average molecular weight is 528 g/mol. The Bertz CT molecular complexity index is 1110. The number of ether oxygens (including phenoxy) is 2. The lowest BCUT2D eigenvalue weighted by Crippen LogP contribution is -2.55. The average Bonchev–Trinajstić information content (AvgIpc) is 2.82. The molecular weight excluding hydrogens is 486 g/mol. The van der Waals surface area contributed by atoms with Gasteiger partial charge in [-0.3, -0.25) is 9.59 Å². The van der Waals surface area contributed by atoms with Gasteiger partial charge in [0.1, 0.15) is 23.4 Å². The van der Waals surface area contributed by atoms with Crippen LogP contribution in [-0.4, -0.2) is 59.8 Å². The summed E-state index contributed by atoms with van der Waals surface area (Å²) < 4.78 is 10.6. The third kappa shape index (κ3) is 8.48. The first-order valence-corrected chi connectivity index (χ1v) is 12.7. The zero-order valence-electron chi connectivity index (χ0n) is 23.6. The van der Waals surface area contributed by atoms with Gasteiger partial charge in [0.2, 0.25) is 5.91 Å². The minimum absolute atomic E-state index is 0.119. The lowest BCUT2D eigenvalue weighted by Gasteiger charge is -2.35. The minimum atomic E-state index is -1.07. The number of carbonyl (C=O) groups is 3. The number of methoxy groups -OCH3 is 1. The van der Waals surface area contributed by atoms with Crippen molar-refractivity contribution < 1.29 is 29.0 Å². The lowest BCUT2D eigenvalue weighted by molar-refractivity contribution is -0.142. The van der Waals surface area contributed by atoms with E-state index in [0.29, 0.717) is 17.0 Å². The zero-order valence-corrected chi connectivity index (χ0v) is 23.6. The van der Waals surface area contributed by atoms with Gasteiger partial charge in [-0.15, -0.1) is 0 Å². The number of aliphatic hydroxyl groups is 1. The molecule has 3 N–H and O–H groups in total. The van der Waals surface area contributed by atoms with E-state index < -0.39 is 35.6 Å². The summed E-state index contributed by atoms with van der Waals surface area (Å²) in [7, 11) is 1.55. The van der Waals surface area contributed by atoms with Crippen molar-refractivity contribution in [3.63, 3.8) is 0 Å². The molecule has 3 amide bonds. The largest absolute Gasteiger partial charge is 0.497 e. The molecule has 0 saturated carbocycles. The molecule has 2 aromatic carbocycles. The van der Waals surface area contributed by atoms with E-state index in [9.17, 15) is 19.5 Å². The molecular formula is C29H41N3O6. The van der Waals surface area contributed by atoms with Crippen LogP contribution in [0.5, 0.6) is 5.75 Å². The monoisotopic (exact) mass is 527 g/mol. The standard InChI is InChI=1S/C29H41N3O6/c1-18(2)24(31-28(36)38-29(5,6)7)27(35)32(15-16-33)25(23-14-9-19(3)17-20(23)4)26(34)30-21-10-12-22(37-8)13-11-21/h9-14,17-18,24-25,33H,15-16H2,1-8H3,(H,30,34)(H,31,36). The van der Waals surface area contributed by atoms with Crippen molar-refractivity contribution in [1.29, 1.82) is 0 Å². The van der Waals surface area contributed by atoms with Crippen molar-refractivity contribution in [3.05, 3.63) is 59.2 Å². The Balaban J connectivity index is 2.52. The van der Waals surface area contributed by atoms with E-state index in [0.717, 1.165) is 11.1 Å². The third-order valence-electron chi connectivity index (χ3n) is 5.87. The van der Waals surface area contributed by atoms with Gasteiger partial charge < -0.3 is 30.1 Å². The minimum Gasteiger partial charge on any atom is -0.497 e. The van der Waals surface area contributed by atoms with Crippen LogP contribution in [0.4, 0.5) is 10.5 Å². The second-order valence-electron chi connectivity index (χ2n) is 10.6. The van der Waals surface area contributed by atoms with Crippen LogP contribution in [0.2, 0.25) is 0 Å². The first kappa shape index (κ1) is 30.6. The van der Waals surface area contributed by atoms with Crippen molar-refractivity contribution in [2.24, 2.45) is 5.92 Å². The summed E-state index contributed by atoms with van der Waals surface area (Å²) in [6.45, 7) is 12.1. The number of nitrogens with one attached hydrogen (secondary N) is 2. The maximum absolute atomic E-state index is 14.0. The molecule has 0 aliphatic rings. The third-order valence-corrected chi connectivity index (χ3v) is 5.87. The fraction of sp³-hybridized carbons (Fsp3) is 0.483. The molecule has 2 aromatic rings. The van der Waals surface area contributed by atoms with E-state index in [2.05, 4.69) is 10.6 Å². The number of hydrogen-bond acceptors (Lipinski definition) is 6. The van der Waals surface area contributed by atoms with Gasteiger partial charge in [0, 0.05) is 12.2 Å². The number of aliphatic hydroxyl groups excluding tert-OH is 1. The number of nitrogens with zero attached hydrogens (tertiary/aromatic N) is 1. The molecule has 0 fully saturated rings. The maximum atomic E-state index is 14.0. The van der Waals surface area contributed by atoms with Crippen LogP contribution < -0.4 is 15.4 Å². The Labute approximate surface area is 225 Å². The zero-order chi connectivity index (χ0) is 28.6. The van der Waals surface area contributed by atoms with Crippen LogP contribution in [-0.2, 0) is 14.3 Å². The molecule has 0 aromatic heterocycles. The van der Waals surface area contributed by atoms with Crippen molar-refractivity contribution in [1.82, 2.24) is 10.2 Å². The van der Waals surface area contributed by atoms with Gasteiger partial charge in [-0.2, -0.15) is 0 Å².